The molecule has 2 aliphatic heterocycles. The van der Waals surface area contributed by atoms with E-state index < -0.39 is 23.4 Å². The summed E-state index contributed by atoms with van der Waals surface area (Å²) in [7, 11) is 1.57. The molecule has 4 aromatic carbocycles. The van der Waals surface area contributed by atoms with Gasteiger partial charge in [-0.2, -0.15) is 5.10 Å². The van der Waals surface area contributed by atoms with E-state index in [1.54, 1.807) is 66.9 Å². The second-order valence-corrected chi connectivity index (χ2v) is 10.2. The van der Waals surface area contributed by atoms with Crippen LogP contribution < -0.4 is 4.74 Å². The Balaban J connectivity index is 1.52. The molecule has 1 aliphatic carbocycles. The van der Waals surface area contributed by atoms with E-state index in [9.17, 15) is 14.4 Å². The molecule has 4 aromatic rings. The van der Waals surface area contributed by atoms with Gasteiger partial charge in [0.05, 0.1) is 19.4 Å². The molecule has 0 saturated carbocycles. The number of hydrogen-bond acceptors (Lipinski definition) is 6. The van der Waals surface area contributed by atoms with Gasteiger partial charge in [-0.05, 0) is 41.0 Å². The van der Waals surface area contributed by atoms with Gasteiger partial charge in [0.15, 0.2) is 17.3 Å². The molecule has 3 aliphatic rings. The lowest BCUT2D eigenvalue weighted by molar-refractivity contribution is 0.0586. The second-order valence-electron chi connectivity index (χ2n) is 10.2. The zero-order valence-electron chi connectivity index (χ0n) is 21.2. The first kappa shape index (κ1) is 23.3. The van der Waals surface area contributed by atoms with Gasteiger partial charge in [-0.1, -0.05) is 78.9 Å². The van der Waals surface area contributed by atoms with Crippen molar-refractivity contribution in [1.82, 2.24) is 5.01 Å². The average Bonchev–Trinajstić information content (AvgIpc) is 3.43. The summed E-state index contributed by atoms with van der Waals surface area (Å²) in [5.74, 6) is -0.864. The summed E-state index contributed by atoms with van der Waals surface area (Å²) in [5, 5.41) is 6.50. The summed E-state index contributed by atoms with van der Waals surface area (Å²) in [6.45, 7) is 0. The Bertz CT molecular complexity index is 1640. The number of rotatable bonds is 4. The summed E-state index contributed by atoms with van der Waals surface area (Å²) in [6.07, 6.45) is 1.72. The smallest absolute Gasteiger partial charge is 0.187 e. The minimum absolute atomic E-state index is 0.207. The number of Topliss-reactive ketones (excluding diaryl/α,β-unsaturated/α-hetero) is 3. The Morgan fingerprint density at radius 3 is 2.08 bits per heavy atom. The van der Waals surface area contributed by atoms with Gasteiger partial charge >= 0.3 is 0 Å². The van der Waals surface area contributed by atoms with Gasteiger partial charge in [0, 0.05) is 22.6 Å². The molecule has 2 heterocycles. The highest BCUT2D eigenvalue weighted by atomic mass is 16.5. The number of hydrogen-bond donors (Lipinski definition) is 0. The number of methoxy groups -OCH3 is 1. The fraction of sp³-hybridized carbons (Fsp3) is 0.152. The van der Waals surface area contributed by atoms with Gasteiger partial charge in [0.2, 0.25) is 0 Å². The maximum absolute atomic E-state index is 14.6. The lowest BCUT2D eigenvalue weighted by Crippen LogP contribution is -2.43. The first-order valence-electron chi connectivity index (χ1n) is 12.9. The summed E-state index contributed by atoms with van der Waals surface area (Å²) >= 11 is 0. The van der Waals surface area contributed by atoms with Crippen molar-refractivity contribution >= 4 is 23.6 Å². The molecule has 7 rings (SSSR count). The van der Waals surface area contributed by atoms with Crippen LogP contribution >= 0.6 is 0 Å². The minimum Gasteiger partial charge on any atom is -0.497 e. The van der Waals surface area contributed by atoms with Gasteiger partial charge in [0.25, 0.3) is 0 Å². The molecule has 6 nitrogen and oxygen atoms in total. The molecule has 0 aromatic heterocycles. The largest absolute Gasteiger partial charge is 0.497 e. The average molecular weight is 513 g/mol. The molecule has 1 spiro atoms. The number of fused-ring (bicyclic) bond motifs is 5. The van der Waals surface area contributed by atoms with Crippen LogP contribution in [0, 0.1) is 5.41 Å². The molecule has 6 heteroatoms. The van der Waals surface area contributed by atoms with Crippen LogP contribution in [0.15, 0.2) is 108 Å². The van der Waals surface area contributed by atoms with Gasteiger partial charge < -0.3 is 4.74 Å². The molecule has 3 atom stereocenters. The lowest BCUT2D eigenvalue weighted by atomic mass is 9.63. The second kappa shape index (κ2) is 8.60. The number of benzene rings is 4. The van der Waals surface area contributed by atoms with E-state index in [0.29, 0.717) is 22.4 Å². The standard InChI is InChI=1S/C33H24N2O4/c1-39-23-17-15-21(16-18-23)29(36)28-27(20-9-3-2-4-10-20)33(31(37)25-13-7-8-14-26(25)32(33)38)30-24-12-6-5-11-22(24)19-34-35(28)30/h2-19,27-28,30H,1H3/t27-,28+,30+/m0/s1. The van der Waals surface area contributed by atoms with Crippen molar-refractivity contribution in [1.29, 1.82) is 0 Å². The molecule has 1 saturated heterocycles. The van der Waals surface area contributed by atoms with E-state index in [1.807, 2.05) is 54.6 Å². The Labute approximate surface area is 225 Å². The zero-order chi connectivity index (χ0) is 26.7. The van der Waals surface area contributed by atoms with Crippen molar-refractivity contribution in [3.05, 3.63) is 137 Å². The van der Waals surface area contributed by atoms with E-state index in [4.69, 9.17) is 9.84 Å². The monoisotopic (exact) mass is 512 g/mol. The Hall–Kier alpha value is -4.84. The topological polar surface area (TPSA) is 76.0 Å². The third-order valence-corrected chi connectivity index (χ3v) is 8.38. The van der Waals surface area contributed by atoms with E-state index in [1.165, 1.54) is 0 Å². The Kier molecular flexibility index (Phi) is 5.13. The van der Waals surface area contributed by atoms with Gasteiger partial charge in [-0.25, -0.2) is 0 Å². The first-order valence-corrected chi connectivity index (χ1v) is 12.9. The molecular weight excluding hydrogens is 488 g/mol. The molecule has 0 amide bonds. The highest BCUT2D eigenvalue weighted by Crippen LogP contribution is 2.64. The summed E-state index contributed by atoms with van der Waals surface area (Å²) in [5.41, 5.74) is 2.09. The highest BCUT2D eigenvalue weighted by molar-refractivity contribution is 6.31. The van der Waals surface area contributed by atoms with Gasteiger partial charge in [0.1, 0.15) is 17.2 Å². The van der Waals surface area contributed by atoms with Crippen LogP contribution in [0.25, 0.3) is 0 Å². The molecule has 39 heavy (non-hydrogen) atoms. The first-order chi connectivity index (χ1) is 19.1. The Morgan fingerprint density at radius 2 is 1.41 bits per heavy atom. The number of carbonyl (C=O) groups excluding carboxylic acids is 3. The Morgan fingerprint density at radius 1 is 0.795 bits per heavy atom. The van der Waals surface area contributed by atoms with E-state index >= 15 is 0 Å². The minimum atomic E-state index is -1.56. The SMILES string of the molecule is COc1ccc(C(=O)[C@H]2[C@H](c3ccccc3)C3(C(=O)c4ccccc4C3=O)[C@H]3c4ccccc4C=NN23)cc1. The lowest BCUT2D eigenvalue weighted by Gasteiger charge is -2.36. The molecular formula is C33H24N2O4. The molecule has 0 bridgehead atoms. The number of nitrogens with zero attached hydrogens (tertiary/aromatic N) is 2. The molecule has 190 valence electrons. The van der Waals surface area contributed by atoms with Crippen LogP contribution in [-0.2, 0) is 0 Å². The van der Waals surface area contributed by atoms with Crippen LogP contribution in [0.1, 0.15) is 59.7 Å². The number of carbonyl (C=O) groups is 3. The predicted molar refractivity (Wildman–Crippen MR) is 146 cm³/mol. The van der Waals surface area contributed by atoms with Crippen molar-refractivity contribution < 1.29 is 19.1 Å². The number of ether oxygens (including phenoxy) is 1. The normalized spacial score (nSPS) is 22.0. The van der Waals surface area contributed by atoms with Crippen molar-refractivity contribution in [3.8, 4) is 5.75 Å². The van der Waals surface area contributed by atoms with Crippen LogP contribution in [0.4, 0.5) is 0 Å². The highest BCUT2D eigenvalue weighted by Gasteiger charge is 2.72. The molecule has 0 N–H and O–H groups in total. The van der Waals surface area contributed by atoms with E-state index in [2.05, 4.69) is 0 Å². The van der Waals surface area contributed by atoms with Crippen molar-refractivity contribution in [2.24, 2.45) is 10.5 Å². The molecule has 1 fully saturated rings. The number of ketones is 3. The summed E-state index contributed by atoms with van der Waals surface area (Å²) in [6, 6.07) is 29.4. The fourth-order valence-corrected chi connectivity index (χ4v) is 6.74. The van der Waals surface area contributed by atoms with Crippen LogP contribution in [0.2, 0.25) is 0 Å². The molecule has 0 radical (unpaired) electrons. The third-order valence-electron chi connectivity index (χ3n) is 8.38. The summed E-state index contributed by atoms with van der Waals surface area (Å²) < 4.78 is 5.30. The zero-order valence-corrected chi connectivity index (χ0v) is 21.2. The van der Waals surface area contributed by atoms with E-state index in [-0.39, 0.29) is 17.3 Å². The van der Waals surface area contributed by atoms with Crippen molar-refractivity contribution in [2.45, 2.75) is 18.0 Å². The quantitative estimate of drug-likeness (QED) is 0.267. The van der Waals surface area contributed by atoms with Gasteiger partial charge in [-0.3, -0.25) is 19.4 Å². The van der Waals surface area contributed by atoms with Crippen LogP contribution in [0.5, 0.6) is 5.75 Å². The fourth-order valence-electron chi connectivity index (χ4n) is 6.74. The van der Waals surface area contributed by atoms with Crippen LogP contribution in [-0.4, -0.2) is 41.7 Å². The number of hydrazone groups is 1. The molecule has 0 unspecified atom stereocenters. The third kappa shape index (κ3) is 3.08. The predicted octanol–water partition coefficient (Wildman–Crippen LogP) is 5.50. The van der Waals surface area contributed by atoms with Crippen molar-refractivity contribution in [2.75, 3.05) is 7.11 Å². The maximum atomic E-state index is 14.6. The maximum Gasteiger partial charge on any atom is 0.187 e. The summed E-state index contributed by atoms with van der Waals surface area (Å²) in [4.78, 5) is 43.7. The van der Waals surface area contributed by atoms with Crippen LogP contribution in [0.3, 0.4) is 0 Å². The van der Waals surface area contributed by atoms with E-state index in [0.717, 1.165) is 16.7 Å². The van der Waals surface area contributed by atoms with Crippen molar-refractivity contribution in [3.63, 3.8) is 0 Å². The van der Waals surface area contributed by atoms with Gasteiger partial charge in [-0.15, -0.1) is 0 Å².